The molecule has 0 amide bonds. The van der Waals surface area contributed by atoms with E-state index < -0.39 is 5.82 Å². The van der Waals surface area contributed by atoms with Gasteiger partial charge in [0.1, 0.15) is 11.6 Å². The van der Waals surface area contributed by atoms with Gasteiger partial charge in [-0.05, 0) is 35.8 Å². The van der Waals surface area contributed by atoms with Gasteiger partial charge in [-0.25, -0.2) is 4.39 Å². The number of ether oxygens (including phenoxy) is 1. The molecule has 0 unspecified atom stereocenters. The summed E-state index contributed by atoms with van der Waals surface area (Å²) in [5.74, 6) is 0.122. The van der Waals surface area contributed by atoms with Crippen molar-refractivity contribution in [1.29, 1.82) is 0 Å². The highest BCUT2D eigenvalue weighted by Gasteiger charge is 2.07. The first-order valence-electron chi connectivity index (χ1n) is 3.92. The van der Waals surface area contributed by atoms with Gasteiger partial charge in [0.05, 0.1) is 16.3 Å². The predicted octanol–water partition coefficient (Wildman–Crippen LogP) is 2.96. The summed E-state index contributed by atoms with van der Waals surface area (Å²) in [5, 5.41) is 0. The van der Waals surface area contributed by atoms with Gasteiger partial charge in [-0.1, -0.05) is 0 Å². The molecular weight excluding hydrogens is 237 g/mol. The SMILES string of the molecule is CC(C)Oc1cc(N)c(F)cc1Br. The predicted molar refractivity (Wildman–Crippen MR) is 54.3 cm³/mol. The van der Waals surface area contributed by atoms with Crippen molar-refractivity contribution in [3.8, 4) is 5.75 Å². The van der Waals surface area contributed by atoms with E-state index in [0.29, 0.717) is 10.2 Å². The van der Waals surface area contributed by atoms with Gasteiger partial charge in [-0.15, -0.1) is 0 Å². The molecule has 0 aromatic heterocycles. The van der Waals surface area contributed by atoms with E-state index in [9.17, 15) is 4.39 Å². The van der Waals surface area contributed by atoms with Gasteiger partial charge in [0.25, 0.3) is 0 Å². The van der Waals surface area contributed by atoms with Crippen LogP contribution in [0.2, 0.25) is 0 Å². The number of halogens is 2. The average molecular weight is 248 g/mol. The Hall–Kier alpha value is -0.770. The zero-order valence-electron chi connectivity index (χ0n) is 7.47. The van der Waals surface area contributed by atoms with Gasteiger partial charge < -0.3 is 10.5 Å². The number of rotatable bonds is 2. The molecule has 0 radical (unpaired) electrons. The van der Waals surface area contributed by atoms with Crippen molar-refractivity contribution in [2.24, 2.45) is 0 Å². The summed E-state index contributed by atoms with van der Waals surface area (Å²) in [6, 6.07) is 2.77. The molecule has 0 saturated heterocycles. The molecule has 1 rings (SSSR count). The molecule has 1 aromatic rings. The summed E-state index contributed by atoms with van der Waals surface area (Å²) in [5.41, 5.74) is 5.49. The Bertz CT molecular complexity index is 315. The molecule has 2 nitrogen and oxygen atoms in total. The molecule has 0 aliphatic rings. The van der Waals surface area contributed by atoms with E-state index in [1.807, 2.05) is 13.8 Å². The number of hydrogen-bond donors (Lipinski definition) is 1. The lowest BCUT2D eigenvalue weighted by Gasteiger charge is -2.12. The fourth-order valence-corrected chi connectivity index (χ4v) is 1.30. The molecule has 0 heterocycles. The van der Waals surface area contributed by atoms with Crippen molar-refractivity contribution in [2.75, 3.05) is 5.73 Å². The summed E-state index contributed by atoms with van der Waals surface area (Å²) in [4.78, 5) is 0. The molecule has 0 bridgehead atoms. The Kier molecular flexibility index (Phi) is 3.14. The molecule has 0 atom stereocenters. The lowest BCUT2D eigenvalue weighted by Crippen LogP contribution is -2.06. The van der Waals surface area contributed by atoms with Crippen LogP contribution in [-0.4, -0.2) is 6.10 Å². The quantitative estimate of drug-likeness (QED) is 0.816. The standard InChI is InChI=1S/C9H11BrFNO/c1-5(2)13-9-4-8(12)7(11)3-6(9)10/h3-5H,12H2,1-2H3. The second-order valence-corrected chi connectivity index (χ2v) is 3.83. The van der Waals surface area contributed by atoms with Gasteiger partial charge in [0.15, 0.2) is 0 Å². The van der Waals surface area contributed by atoms with E-state index in [0.717, 1.165) is 0 Å². The van der Waals surface area contributed by atoms with Crippen LogP contribution in [0.3, 0.4) is 0 Å². The van der Waals surface area contributed by atoms with E-state index in [4.69, 9.17) is 10.5 Å². The molecule has 0 saturated carbocycles. The molecule has 4 heteroatoms. The topological polar surface area (TPSA) is 35.2 Å². The Balaban J connectivity index is 3.01. The van der Waals surface area contributed by atoms with Crippen LogP contribution < -0.4 is 10.5 Å². The maximum absolute atomic E-state index is 12.9. The van der Waals surface area contributed by atoms with Gasteiger partial charge in [0, 0.05) is 6.07 Å². The van der Waals surface area contributed by atoms with Crippen LogP contribution in [0.1, 0.15) is 13.8 Å². The van der Waals surface area contributed by atoms with Crippen molar-refractivity contribution in [3.05, 3.63) is 22.4 Å². The Morgan fingerprint density at radius 2 is 2.08 bits per heavy atom. The lowest BCUT2D eigenvalue weighted by molar-refractivity contribution is 0.240. The van der Waals surface area contributed by atoms with Crippen molar-refractivity contribution in [3.63, 3.8) is 0 Å². The largest absolute Gasteiger partial charge is 0.490 e. The summed E-state index contributed by atoms with van der Waals surface area (Å²) in [6.45, 7) is 3.79. The molecule has 72 valence electrons. The van der Waals surface area contributed by atoms with Crippen LogP contribution in [0.4, 0.5) is 10.1 Å². The van der Waals surface area contributed by atoms with E-state index in [2.05, 4.69) is 15.9 Å². The minimum absolute atomic E-state index is 0.0427. The molecule has 0 aliphatic carbocycles. The summed E-state index contributed by atoms with van der Waals surface area (Å²) in [6.07, 6.45) is 0.0427. The first-order chi connectivity index (χ1) is 6.00. The Morgan fingerprint density at radius 3 is 2.62 bits per heavy atom. The van der Waals surface area contributed by atoms with Crippen molar-refractivity contribution < 1.29 is 9.13 Å². The highest BCUT2D eigenvalue weighted by Crippen LogP contribution is 2.29. The molecular formula is C9H11BrFNO. The summed E-state index contributed by atoms with van der Waals surface area (Å²) in [7, 11) is 0. The van der Waals surface area contributed by atoms with Crippen LogP contribution in [0.25, 0.3) is 0 Å². The smallest absolute Gasteiger partial charge is 0.147 e. The monoisotopic (exact) mass is 247 g/mol. The molecule has 0 fully saturated rings. The number of nitrogen functional groups attached to an aromatic ring is 1. The first-order valence-corrected chi connectivity index (χ1v) is 4.71. The van der Waals surface area contributed by atoms with Crippen LogP contribution in [-0.2, 0) is 0 Å². The number of nitrogens with two attached hydrogens (primary N) is 1. The maximum atomic E-state index is 12.9. The number of hydrogen-bond acceptors (Lipinski definition) is 2. The van der Waals surface area contributed by atoms with Crippen LogP contribution in [0.15, 0.2) is 16.6 Å². The second kappa shape index (κ2) is 3.96. The van der Waals surface area contributed by atoms with Crippen LogP contribution in [0, 0.1) is 5.82 Å². The number of benzene rings is 1. The molecule has 0 aliphatic heterocycles. The molecule has 1 aromatic carbocycles. The summed E-state index contributed by atoms with van der Waals surface area (Å²) >= 11 is 3.19. The zero-order valence-corrected chi connectivity index (χ0v) is 9.06. The van der Waals surface area contributed by atoms with E-state index >= 15 is 0 Å². The van der Waals surface area contributed by atoms with Crippen molar-refractivity contribution in [1.82, 2.24) is 0 Å². The maximum Gasteiger partial charge on any atom is 0.147 e. The third-order valence-electron chi connectivity index (χ3n) is 1.41. The highest BCUT2D eigenvalue weighted by atomic mass is 79.9. The van der Waals surface area contributed by atoms with Gasteiger partial charge in [0.2, 0.25) is 0 Å². The van der Waals surface area contributed by atoms with Crippen LogP contribution >= 0.6 is 15.9 Å². The van der Waals surface area contributed by atoms with E-state index in [1.54, 1.807) is 0 Å². The fourth-order valence-electron chi connectivity index (χ4n) is 0.889. The lowest BCUT2D eigenvalue weighted by atomic mass is 10.3. The second-order valence-electron chi connectivity index (χ2n) is 2.97. The van der Waals surface area contributed by atoms with Gasteiger partial charge in [-0.2, -0.15) is 0 Å². The van der Waals surface area contributed by atoms with Gasteiger partial charge in [-0.3, -0.25) is 0 Å². The highest BCUT2D eigenvalue weighted by molar-refractivity contribution is 9.10. The normalized spacial score (nSPS) is 10.5. The van der Waals surface area contributed by atoms with Crippen molar-refractivity contribution >= 4 is 21.6 Å². The fraction of sp³-hybridized carbons (Fsp3) is 0.333. The minimum Gasteiger partial charge on any atom is -0.490 e. The third kappa shape index (κ3) is 2.59. The molecule has 0 spiro atoms. The zero-order chi connectivity index (χ0) is 10.0. The Morgan fingerprint density at radius 1 is 1.46 bits per heavy atom. The average Bonchev–Trinajstić information content (AvgIpc) is 1.99. The Labute approximate surface area is 85.0 Å². The summed E-state index contributed by atoms with van der Waals surface area (Å²) < 4.78 is 18.9. The van der Waals surface area contributed by atoms with Crippen LogP contribution in [0.5, 0.6) is 5.75 Å². The molecule has 2 N–H and O–H groups in total. The minimum atomic E-state index is -0.442. The van der Waals surface area contributed by atoms with E-state index in [-0.39, 0.29) is 11.8 Å². The molecule has 13 heavy (non-hydrogen) atoms. The third-order valence-corrected chi connectivity index (χ3v) is 2.03. The van der Waals surface area contributed by atoms with Gasteiger partial charge >= 0.3 is 0 Å². The van der Waals surface area contributed by atoms with E-state index in [1.165, 1.54) is 12.1 Å². The number of anilines is 1. The first kappa shape index (κ1) is 10.3. The van der Waals surface area contributed by atoms with Crippen molar-refractivity contribution in [2.45, 2.75) is 20.0 Å².